The maximum absolute atomic E-state index is 13.3. The average Bonchev–Trinajstić information content (AvgIpc) is 2.57. The van der Waals surface area contributed by atoms with Crippen molar-refractivity contribution in [3.05, 3.63) is 59.7 Å². The number of ether oxygens (including phenoxy) is 1. The first-order chi connectivity index (χ1) is 11.5. The highest BCUT2D eigenvalue weighted by molar-refractivity contribution is 5.48. The molecule has 2 N–H and O–H groups in total. The number of hydrogen-bond donors (Lipinski definition) is 1. The van der Waals surface area contributed by atoms with Crippen molar-refractivity contribution in [2.75, 3.05) is 18.8 Å². The van der Waals surface area contributed by atoms with Gasteiger partial charge < -0.3 is 10.5 Å². The molecule has 5 heteroatoms. The number of hydrogen-bond acceptors (Lipinski definition) is 3. The van der Waals surface area contributed by atoms with Crippen LogP contribution in [0.15, 0.2) is 48.5 Å². The highest BCUT2D eigenvalue weighted by atomic mass is 19.3. The Morgan fingerprint density at radius 1 is 1.04 bits per heavy atom. The summed E-state index contributed by atoms with van der Waals surface area (Å²) in [7, 11) is 0. The van der Waals surface area contributed by atoms with Gasteiger partial charge in [-0.15, -0.1) is 0 Å². The van der Waals surface area contributed by atoms with Crippen LogP contribution < -0.4 is 10.5 Å². The average molecular weight is 332 g/mol. The summed E-state index contributed by atoms with van der Waals surface area (Å²) in [4.78, 5) is 2.03. The number of nitrogen functional groups attached to an aromatic ring is 1. The molecule has 0 aliphatic carbocycles. The fourth-order valence-corrected chi connectivity index (χ4v) is 2.88. The topological polar surface area (TPSA) is 38.5 Å². The second-order valence-corrected chi connectivity index (χ2v) is 6.27. The summed E-state index contributed by atoms with van der Waals surface area (Å²) >= 11 is 0. The van der Waals surface area contributed by atoms with Gasteiger partial charge in [-0.2, -0.15) is 0 Å². The largest absolute Gasteiger partial charge is 0.489 e. The normalized spacial score (nSPS) is 17.6. The van der Waals surface area contributed by atoms with Crippen LogP contribution in [0, 0.1) is 0 Å². The second-order valence-electron chi connectivity index (χ2n) is 6.27. The minimum Gasteiger partial charge on any atom is -0.489 e. The number of nitrogens with two attached hydrogens (primary N) is 1. The predicted molar refractivity (Wildman–Crippen MR) is 91.1 cm³/mol. The Morgan fingerprint density at radius 3 is 2.46 bits per heavy atom. The molecule has 0 bridgehead atoms. The van der Waals surface area contributed by atoms with Gasteiger partial charge >= 0.3 is 0 Å². The third kappa shape index (κ3) is 4.45. The molecule has 0 atom stereocenters. The van der Waals surface area contributed by atoms with Gasteiger partial charge in [0.05, 0.1) is 0 Å². The van der Waals surface area contributed by atoms with Crippen molar-refractivity contribution in [1.82, 2.24) is 4.90 Å². The molecule has 3 nitrogen and oxygen atoms in total. The van der Waals surface area contributed by atoms with Gasteiger partial charge in [0.2, 0.25) is 0 Å². The van der Waals surface area contributed by atoms with Crippen LogP contribution in [0.5, 0.6) is 5.75 Å². The SMILES string of the molecule is Nc1ccc(OCc2ccccc2)c(CN2CCC(F)(F)CC2)c1. The maximum atomic E-state index is 13.3. The van der Waals surface area contributed by atoms with Crippen LogP contribution in [0.2, 0.25) is 0 Å². The van der Waals surface area contributed by atoms with Crippen LogP contribution in [0.3, 0.4) is 0 Å². The van der Waals surface area contributed by atoms with Gasteiger partial charge in [0.15, 0.2) is 0 Å². The molecule has 1 saturated heterocycles. The van der Waals surface area contributed by atoms with Crippen LogP contribution in [-0.4, -0.2) is 23.9 Å². The lowest BCUT2D eigenvalue weighted by atomic mass is 10.1. The molecule has 2 aromatic rings. The van der Waals surface area contributed by atoms with Crippen molar-refractivity contribution >= 4 is 5.69 Å². The van der Waals surface area contributed by atoms with Crippen molar-refractivity contribution in [3.63, 3.8) is 0 Å². The highest BCUT2D eigenvalue weighted by Gasteiger charge is 2.34. The lowest BCUT2D eigenvalue weighted by Crippen LogP contribution is -2.38. The molecule has 0 unspecified atom stereocenters. The third-order valence-corrected chi connectivity index (χ3v) is 4.30. The van der Waals surface area contributed by atoms with E-state index in [0.717, 1.165) is 16.9 Å². The van der Waals surface area contributed by atoms with Gasteiger partial charge in [0.25, 0.3) is 5.92 Å². The number of alkyl halides is 2. The summed E-state index contributed by atoms with van der Waals surface area (Å²) in [6, 6.07) is 15.4. The van der Waals surface area contributed by atoms with Crippen LogP contribution in [0.25, 0.3) is 0 Å². The number of anilines is 1. The zero-order valence-electron chi connectivity index (χ0n) is 13.6. The van der Waals surface area contributed by atoms with Crippen molar-refractivity contribution in [3.8, 4) is 5.75 Å². The number of nitrogens with zero attached hydrogens (tertiary/aromatic N) is 1. The molecule has 1 heterocycles. The van der Waals surface area contributed by atoms with Gasteiger partial charge in [-0.05, 0) is 23.8 Å². The van der Waals surface area contributed by atoms with Crippen molar-refractivity contribution in [1.29, 1.82) is 0 Å². The lowest BCUT2D eigenvalue weighted by molar-refractivity contribution is -0.0567. The standard InChI is InChI=1S/C19H22F2N2O/c20-19(21)8-10-23(11-9-19)13-16-12-17(22)6-7-18(16)24-14-15-4-2-1-3-5-15/h1-7,12H,8-11,13-14,22H2. The quantitative estimate of drug-likeness (QED) is 0.839. The van der Waals surface area contributed by atoms with E-state index >= 15 is 0 Å². The first kappa shape index (κ1) is 16.7. The van der Waals surface area contributed by atoms with Crippen molar-refractivity contribution in [2.24, 2.45) is 0 Å². The van der Waals surface area contributed by atoms with Crippen LogP contribution in [0.4, 0.5) is 14.5 Å². The minimum atomic E-state index is -2.53. The molecule has 0 amide bonds. The Hall–Kier alpha value is -2.14. The highest BCUT2D eigenvalue weighted by Crippen LogP contribution is 2.30. The van der Waals surface area contributed by atoms with E-state index in [-0.39, 0.29) is 12.8 Å². The number of rotatable bonds is 5. The fraction of sp³-hybridized carbons (Fsp3) is 0.368. The summed E-state index contributed by atoms with van der Waals surface area (Å²) in [5.74, 6) is -1.77. The summed E-state index contributed by atoms with van der Waals surface area (Å²) in [5.41, 5.74) is 8.56. The molecule has 128 valence electrons. The van der Waals surface area contributed by atoms with E-state index < -0.39 is 5.92 Å². The van der Waals surface area contributed by atoms with E-state index in [4.69, 9.17) is 10.5 Å². The zero-order chi connectivity index (χ0) is 17.0. The number of halogens is 2. The fourth-order valence-electron chi connectivity index (χ4n) is 2.88. The van der Waals surface area contributed by atoms with E-state index in [9.17, 15) is 8.78 Å². The third-order valence-electron chi connectivity index (χ3n) is 4.30. The molecular formula is C19H22F2N2O. The molecule has 0 spiro atoms. The zero-order valence-corrected chi connectivity index (χ0v) is 13.6. The van der Waals surface area contributed by atoms with E-state index in [0.29, 0.717) is 31.9 Å². The number of benzene rings is 2. The van der Waals surface area contributed by atoms with Crippen LogP contribution in [0.1, 0.15) is 24.0 Å². The second kappa shape index (κ2) is 7.18. The molecule has 1 aliphatic rings. The van der Waals surface area contributed by atoms with E-state index in [1.165, 1.54) is 0 Å². The molecule has 1 aliphatic heterocycles. The Morgan fingerprint density at radius 2 is 1.75 bits per heavy atom. The Kier molecular flexibility index (Phi) is 5.00. The van der Waals surface area contributed by atoms with Crippen LogP contribution in [-0.2, 0) is 13.2 Å². The first-order valence-corrected chi connectivity index (χ1v) is 8.17. The van der Waals surface area contributed by atoms with Crippen LogP contribution >= 0.6 is 0 Å². The predicted octanol–water partition coefficient (Wildman–Crippen LogP) is 4.08. The van der Waals surface area contributed by atoms with E-state index in [1.54, 1.807) is 6.07 Å². The Labute approximate surface area is 141 Å². The van der Waals surface area contributed by atoms with Gasteiger partial charge in [-0.1, -0.05) is 30.3 Å². The lowest BCUT2D eigenvalue weighted by Gasteiger charge is -2.32. The number of piperidine rings is 1. The van der Waals surface area contributed by atoms with Gasteiger partial charge in [-0.3, -0.25) is 4.90 Å². The Balaban J connectivity index is 1.67. The van der Waals surface area contributed by atoms with Gasteiger partial charge in [0, 0.05) is 43.7 Å². The monoisotopic (exact) mass is 332 g/mol. The maximum Gasteiger partial charge on any atom is 0.250 e. The smallest absolute Gasteiger partial charge is 0.250 e. The molecule has 0 saturated carbocycles. The summed E-state index contributed by atoms with van der Waals surface area (Å²) < 4.78 is 32.5. The summed E-state index contributed by atoms with van der Waals surface area (Å²) in [5, 5.41) is 0. The molecule has 1 fully saturated rings. The minimum absolute atomic E-state index is 0.0878. The van der Waals surface area contributed by atoms with E-state index in [2.05, 4.69) is 0 Å². The van der Waals surface area contributed by atoms with Gasteiger partial charge in [-0.25, -0.2) is 8.78 Å². The molecule has 2 aromatic carbocycles. The summed E-state index contributed by atoms with van der Waals surface area (Å²) in [6.45, 7) is 1.82. The molecule has 3 rings (SSSR count). The van der Waals surface area contributed by atoms with Gasteiger partial charge in [0.1, 0.15) is 12.4 Å². The number of likely N-dealkylation sites (tertiary alicyclic amines) is 1. The summed E-state index contributed by atoms with van der Waals surface area (Å²) in [6.07, 6.45) is -0.176. The van der Waals surface area contributed by atoms with Crippen molar-refractivity contribution in [2.45, 2.75) is 31.9 Å². The molecule has 0 aromatic heterocycles. The Bertz CT molecular complexity index is 666. The molecule has 24 heavy (non-hydrogen) atoms. The van der Waals surface area contributed by atoms with E-state index in [1.807, 2.05) is 47.4 Å². The molecule has 0 radical (unpaired) electrons. The first-order valence-electron chi connectivity index (χ1n) is 8.17. The molecular weight excluding hydrogens is 310 g/mol. The van der Waals surface area contributed by atoms with Crippen molar-refractivity contribution < 1.29 is 13.5 Å².